The van der Waals surface area contributed by atoms with Crippen molar-refractivity contribution in [3.63, 3.8) is 0 Å². The lowest BCUT2D eigenvalue weighted by atomic mass is 9.91. The maximum atomic E-state index is 13.1. The zero-order valence-electron chi connectivity index (χ0n) is 17.5. The quantitative estimate of drug-likeness (QED) is 0.496. The van der Waals surface area contributed by atoms with E-state index < -0.39 is 23.6 Å². The Morgan fingerprint density at radius 2 is 1.91 bits per heavy atom. The van der Waals surface area contributed by atoms with Gasteiger partial charge in [0.15, 0.2) is 0 Å². The zero-order chi connectivity index (χ0) is 22.7. The number of hydrogen-bond acceptors (Lipinski definition) is 8. The lowest BCUT2D eigenvalue weighted by molar-refractivity contribution is -0.132. The zero-order valence-corrected chi connectivity index (χ0v) is 17.5. The number of rotatable bonds is 8. The molecule has 1 saturated heterocycles. The molecule has 166 valence electrons. The predicted molar refractivity (Wildman–Crippen MR) is 111 cm³/mol. The maximum Gasteiger partial charge on any atom is 0.325 e. The van der Waals surface area contributed by atoms with Crippen molar-refractivity contribution < 1.29 is 24.2 Å². The number of nitrogens with zero attached hydrogens (tertiary/aromatic N) is 5. The third-order valence-electron chi connectivity index (χ3n) is 5.21. The average molecular weight is 438 g/mol. The number of tetrazole rings is 1. The summed E-state index contributed by atoms with van der Waals surface area (Å²) < 4.78 is 12.1. The van der Waals surface area contributed by atoms with Gasteiger partial charge in [-0.15, -0.1) is 5.10 Å². The summed E-state index contributed by atoms with van der Waals surface area (Å²) in [5.74, 6) is 0.742. The van der Waals surface area contributed by atoms with Crippen molar-refractivity contribution in [2.75, 3.05) is 20.3 Å². The number of aliphatic hydroxyl groups excluding tert-OH is 1. The van der Waals surface area contributed by atoms with Gasteiger partial charge in [-0.2, -0.15) is 0 Å². The Balaban J connectivity index is 1.43. The standard InChI is InChI=1S/C21H22N6O5/c1-21(14-4-3-5-15(10-14)27-13-22-24-25-27)19(29)26(20(30)23-21)11-16(28)12-32-18-8-6-17(31-2)7-9-18/h3-10,13,16,28H,11-12H2,1-2H3,(H,23,30). The van der Waals surface area contributed by atoms with Gasteiger partial charge in [0.25, 0.3) is 5.91 Å². The second-order valence-electron chi connectivity index (χ2n) is 7.42. The highest BCUT2D eigenvalue weighted by molar-refractivity contribution is 6.07. The summed E-state index contributed by atoms with van der Waals surface area (Å²) in [5.41, 5.74) is -0.0880. The summed E-state index contributed by atoms with van der Waals surface area (Å²) in [5, 5.41) is 24.1. The Kier molecular flexibility index (Phi) is 5.73. The van der Waals surface area contributed by atoms with Crippen molar-refractivity contribution in [3.05, 3.63) is 60.4 Å². The molecule has 1 fully saturated rings. The molecule has 4 rings (SSSR count). The van der Waals surface area contributed by atoms with Gasteiger partial charge in [-0.25, -0.2) is 9.48 Å². The summed E-state index contributed by atoms with van der Waals surface area (Å²) in [7, 11) is 1.56. The molecule has 3 aromatic rings. The molecule has 1 aromatic heterocycles. The molecule has 3 amide bonds. The highest BCUT2D eigenvalue weighted by Gasteiger charge is 2.49. The van der Waals surface area contributed by atoms with Crippen LogP contribution >= 0.6 is 0 Å². The van der Waals surface area contributed by atoms with E-state index in [9.17, 15) is 14.7 Å². The molecule has 11 heteroatoms. The molecule has 2 unspecified atom stereocenters. The molecule has 2 N–H and O–H groups in total. The molecule has 2 aromatic carbocycles. The number of β-amino-alcohol motifs (C(OH)–C–C–N with tert-alkyl or cyclic N) is 1. The van der Waals surface area contributed by atoms with E-state index in [-0.39, 0.29) is 13.2 Å². The van der Waals surface area contributed by atoms with Gasteiger partial charge < -0.3 is 19.9 Å². The SMILES string of the molecule is COc1ccc(OCC(O)CN2C(=O)NC(C)(c3cccc(-n4cnnn4)c3)C2=O)cc1. The minimum atomic E-state index is -1.29. The molecule has 1 aliphatic heterocycles. The Labute approximate surface area is 183 Å². The van der Waals surface area contributed by atoms with Crippen molar-refractivity contribution in [2.24, 2.45) is 0 Å². The van der Waals surface area contributed by atoms with Gasteiger partial charge in [0.2, 0.25) is 0 Å². The number of aliphatic hydroxyl groups is 1. The number of nitrogens with one attached hydrogen (secondary N) is 1. The molecule has 0 saturated carbocycles. The Bertz CT molecular complexity index is 1100. The molecule has 2 atom stereocenters. The van der Waals surface area contributed by atoms with Crippen LogP contribution in [-0.2, 0) is 10.3 Å². The van der Waals surface area contributed by atoms with Crippen molar-refractivity contribution in [1.82, 2.24) is 30.4 Å². The first-order valence-corrected chi connectivity index (χ1v) is 9.83. The van der Waals surface area contributed by atoms with Gasteiger partial charge in [0.05, 0.1) is 19.3 Å². The number of methoxy groups -OCH3 is 1. The number of benzene rings is 2. The molecular formula is C21H22N6O5. The summed E-state index contributed by atoms with van der Waals surface area (Å²) in [4.78, 5) is 26.7. The molecule has 11 nitrogen and oxygen atoms in total. The van der Waals surface area contributed by atoms with Crippen LogP contribution in [0.4, 0.5) is 4.79 Å². The number of imide groups is 1. The van der Waals surface area contributed by atoms with E-state index >= 15 is 0 Å². The van der Waals surface area contributed by atoms with Crippen molar-refractivity contribution >= 4 is 11.9 Å². The Hall–Kier alpha value is -3.99. The van der Waals surface area contributed by atoms with Crippen LogP contribution in [0.2, 0.25) is 0 Å². The summed E-state index contributed by atoms with van der Waals surface area (Å²) in [6, 6.07) is 13.3. The lowest BCUT2D eigenvalue weighted by Crippen LogP contribution is -2.42. The van der Waals surface area contributed by atoms with Crippen LogP contribution in [-0.4, -0.2) is 68.5 Å². The number of carbonyl (C=O) groups is 2. The predicted octanol–water partition coefficient (Wildman–Crippen LogP) is 0.878. The maximum absolute atomic E-state index is 13.1. The molecule has 1 aliphatic rings. The van der Waals surface area contributed by atoms with Gasteiger partial charge in [0.1, 0.15) is 36.1 Å². The normalized spacial score (nSPS) is 19.0. The first-order chi connectivity index (χ1) is 15.4. The van der Waals surface area contributed by atoms with Crippen LogP contribution in [0, 0.1) is 0 Å². The summed E-state index contributed by atoms with van der Waals surface area (Å²) in [6.07, 6.45) is 0.365. The number of hydrogen-bond donors (Lipinski definition) is 2. The third kappa shape index (κ3) is 4.10. The Morgan fingerprint density at radius 1 is 1.16 bits per heavy atom. The smallest absolute Gasteiger partial charge is 0.325 e. The van der Waals surface area contributed by atoms with Crippen LogP contribution in [0.1, 0.15) is 12.5 Å². The second kappa shape index (κ2) is 8.63. The number of ether oxygens (including phenoxy) is 2. The first-order valence-electron chi connectivity index (χ1n) is 9.83. The van der Waals surface area contributed by atoms with Gasteiger partial charge in [-0.3, -0.25) is 9.69 Å². The molecule has 0 aliphatic carbocycles. The number of urea groups is 1. The van der Waals surface area contributed by atoms with Crippen molar-refractivity contribution in [1.29, 1.82) is 0 Å². The number of carbonyl (C=O) groups excluding carboxylic acids is 2. The molecule has 0 radical (unpaired) electrons. The van der Waals surface area contributed by atoms with E-state index in [0.717, 1.165) is 4.90 Å². The van der Waals surface area contributed by atoms with E-state index in [1.165, 1.54) is 11.0 Å². The number of amides is 3. The fourth-order valence-corrected chi connectivity index (χ4v) is 3.43. The molecule has 0 spiro atoms. The fourth-order valence-electron chi connectivity index (χ4n) is 3.43. The van der Waals surface area contributed by atoms with Crippen molar-refractivity contribution in [2.45, 2.75) is 18.6 Å². The molecule has 0 bridgehead atoms. The largest absolute Gasteiger partial charge is 0.497 e. The van der Waals surface area contributed by atoms with E-state index in [1.807, 2.05) is 0 Å². The van der Waals surface area contributed by atoms with E-state index in [0.29, 0.717) is 22.7 Å². The average Bonchev–Trinajstić information content (AvgIpc) is 3.42. The molecular weight excluding hydrogens is 416 g/mol. The van der Waals surface area contributed by atoms with Crippen LogP contribution in [0.5, 0.6) is 11.5 Å². The highest BCUT2D eigenvalue weighted by Crippen LogP contribution is 2.30. The van der Waals surface area contributed by atoms with E-state index in [4.69, 9.17) is 9.47 Å². The minimum Gasteiger partial charge on any atom is -0.497 e. The summed E-state index contributed by atoms with van der Waals surface area (Å²) >= 11 is 0. The van der Waals surface area contributed by atoms with Crippen LogP contribution < -0.4 is 14.8 Å². The second-order valence-corrected chi connectivity index (χ2v) is 7.42. The van der Waals surface area contributed by atoms with E-state index in [1.54, 1.807) is 62.6 Å². The van der Waals surface area contributed by atoms with Crippen molar-refractivity contribution in [3.8, 4) is 17.2 Å². The topological polar surface area (TPSA) is 132 Å². The lowest BCUT2D eigenvalue weighted by Gasteiger charge is -2.23. The first kappa shape index (κ1) is 21.2. The van der Waals surface area contributed by atoms with Crippen LogP contribution in [0.15, 0.2) is 54.9 Å². The molecule has 32 heavy (non-hydrogen) atoms. The van der Waals surface area contributed by atoms with Gasteiger partial charge in [-0.05, 0) is 59.3 Å². The van der Waals surface area contributed by atoms with Gasteiger partial charge >= 0.3 is 6.03 Å². The van der Waals surface area contributed by atoms with Crippen LogP contribution in [0.3, 0.4) is 0 Å². The number of aromatic nitrogens is 4. The van der Waals surface area contributed by atoms with Gasteiger partial charge in [0, 0.05) is 0 Å². The minimum absolute atomic E-state index is 0.0884. The highest BCUT2D eigenvalue weighted by atomic mass is 16.5. The summed E-state index contributed by atoms with van der Waals surface area (Å²) in [6.45, 7) is 1.32. The third-order valence-corrected chi connectivity index (χ3v) is 5.21. The monoisotopic (exact) mass is 438 g/mol. The molecule has 2 heterocycles. The van der Waals surface area contributed by atoms with Crippen LogP contribution in [0.25, 0.3) is 5.69 Å². The fraction of sp³-hybridized carbons (Fsp3) is 0.286. The van der Waals surface area contributed by atoms with Gasteiger partial charge in [-0.1, -0.05) is 12.1 Å². The van der Waals surface area contributed by atoms with E-state index in [2.05, 4.69) is 20.8 Å². The Morgan fingerprint density at radius 3 is 2.59 bits per heavy atom.